The average Bonchev–Trinajstić information content (AvgIpc) is 2.50. The molecule has 0 unspecified atom stereocenters. The van der Waals surface area contributed by atoms with Gasteiger partial charge in [0.25, 0.3) is 11.7 Å². The Labute approximate surface area is 97.0 Å². The predicted molar refractivity (Wildman–Crippen MR) is 57.3 cm³/mol. The fraction of sp³-hybridized carbons (Fsp3) is 0.273. The molecule has 0 saturated heterocycles. The molecule has 1 aliphatic rings. The predicted octanol–water partition coefficient (Wildman–Crippen LogP) is -0.413. The third-order valence-electron chi connectivity index (χ3n) is 2.76. The molecule has 0 aromatic heterocycles. The first kappa shape index (κ1) is 11.6. The molecular weight excluding hydrogens is 226 g/mol. The molecule has 1 aromatic carbocycles. The van der Waals surface area contributed by atoms with E-state index in [1.807, 2.05) is 0 Å². The van der Waals surface area contributed by atoms with Gasteiger partial charge in [0.2, 0.25) is 0 Å². The van der Waals surface area contributed by atoms with E-state index in [2.05, 4.69) is 4.74 Å². The van der Waals surface area contributed by atoms with Crippen LogP contribution in [0.25, 0.3) is 0 Å². The number of methoxy groups -OCH3 is 1. The van der Waals surface area contributed by atoms with Gasteiger partial charge in [-0.25, -0.2) is 4.79 Å². The van der Waals surface area contributed by atoms with Crippen molar-refractivity contribution in [3.63, 3.8) is 0 Å². The van der Waals surface area contributed by atoms with E-state index in [-0.39, 0.29) is 16.8 Å². The molecule has 0 bridgehead atoms. The van der Waals surface area contributed by atoms with Crippen LogP contribution in [0, 0.1) is 0 Å². The number of carbonyl (C=O) groups is 2. The summed E-state index contributed by atoms with van der Waals surface area (Å²) in [7, 11) is 2.58. The number of carbonyl (C=O) groups excluding carboxylic acids is 2. The second-order valence-electron chi connectivity index (χ2n) is 3.73. The van der Waals surface area contributed by atoms with Gasteiger partial charge in [-0.1, -0.05) is 6.07 Å². The third kappa shape index (κ3) is 1.42. The van der Waals surface area contributed by atoms with Crippen LogP contribution in [0.15, 0.2) is 18.2 Å². The minimum Gasteiger partial charge on any atom is -0.465 e. The van der Waals surface area contributed by atoms with Gasteiger partial charge in [-0.2, -0.15) is 0 Å². The second kappa shape index (κ2) is 3.54. The summed E-state index contributed by atoms with van der Waals surface area (Å²) in [6.45, 7) is 0. The number of hydrogen-bond acceptors (Lipinski definition) is 5. The first-order valence-electron chi connectivity index (χ1n) is 4.86. The fourth-order valence-corrected chi connectivity index (χ4v) is 1.92. The smallest absolute Gasteiger partial charge is 0.338 e. The maximum atomic E-state index is 11.6. The van der Waals surface area contributed by atoms with Crippen molar-refractivity contribution in [3.8, 4) is 0 Å². The summed E-state index contributed by atoms with van der Waals surface area (Å²) in [5.41, 5.74) is 0.106. The number of hydrogen-bond donors (Lipinski definition) is 2. The first-order valence-corrected chi connectivity index (χ1v) is 4.86. The van der Waals surface area contributed by atoms with Crippen LogP contribution < -0.4 is 4.90 Å². The average molecular weight is 237 g/mol. The van der Waals surface area contributed by atoms with Gasteiger partial charge in [0.15, 0.2) is 0 Å². The number of likely N-dealkylation sites (N-methyl/N-ethyl adjacent to an activating group) is 1. The second-order valence-corrected chi connectivity index (χ2v) is 3.73. The number of benzene rings is 1. The molecule has 1 heterocycles. The van der Waals surface area contributed by atoms with Gasteiger partial charge in [-0.3, -0.25) is 4.79 Å². The summed E-state index contributed by atoms with van der Waals surface area (Å²) in [4.78, 5) is 24.2. The van der Waals surface area contributed by atoms with Gasteiger partial charge in [-0.05, 0) is 12.1 Å². The number of amides is 1. The van der Waals surface area contributed by atoms with Gasteiger partial charge >= 0.3 is 5.97 Å². The largest absolute Gasteiger partial charge is 0.465 e. The number of nitrogens with zero attached hydrogens (tertiary/aromatic N) is 1. The molecular formula is C11H11NO5. The molecule has 0 atom stereocenters. The minimum atomic E-state index is -2.69. The highest BCUT2D eigenvalue weighted by atomic mass is 16.5. The lowest BCUT2D eigenvalue weighted by Crippen LogP contribution is -2.38. The Morgan fingerprint density at radius 2 is 2.06 bits per heavy atom. The van der Waals surface area contributed by atoms with Gasteiger partial charge in [-0.15, -0.1) is 0 Å². The lowest BCUT2D eigenvalue weighted by atomic mass is 10.0. The van der Waals surface area contributed by atoms with E-state index in [1.165, 1.54) is 32.4 Å². The lowest BCUT2D eigenvalue weighted by Gasteiger charge is -2.15. The number of ether oxygens (including phenoxy) is 1. The van der Waals surface area contributed by atoms with Crippen molar-refractivity contribution in [1.29, 1.82) is 0 Å². The van der Waals surface area contributed by atoms with Gasteiger partial charge in [0.1, 0.15) is 0 Å². The van der Waals surface area contributed by atoms with Crippen molar-refractivity contribution in [2.75, 3.05) is 19.1 Å². The van der Waals surface area contributed by atoms with E-state index in [0.717, 1.165) is 4.90 Å². The molecule has 2 rings (SSSR count). The van der Waals surface area contributed by atoms with Crippen LogP contribution in [0.5, 0.6) is 0 Å². The van der Waals surface area contributed by atoms with Crippen LogP contribution in [0.4, 0.5) is 5.69 Å². The quantitative estimate of drug-likeness (QED) is 0.512. The summed E-state index contributed by atoms with van der Waals surface area (Å²) in [6.07, 6.45) is 0. The fourth-order valence-electron chi connectivity index (χ4n) is 1.92. The molecule has 0 fully saturated rings. The number of aliphatic hydroxyl groups is 2. The molecule has 90 valence electrons. The van der Waals surface area contributed by atoms with E-state index >= 15 is 0 Å². The van der Waals surface area contributed by atoms with Crippen LogP contribution >= 0.6 is 0 Å². The lowest BCUT2D eigenvalue weighted by molar-refractivity contribution is -0.182. The van der Waals surface area contributed by atoms with Crippen LogP contribution in [0.1, 0.15) is 15.9 Å². The summed E-state index contributed by atoms with van der Waals surface area (Å²) in [5.74, 6) is -4.31. The van der Waals surface area contributed by atoms with Gasteiger partial charge < -0.3 is 19.8 Å². The van der Waals surface area contributed by atoms with E-state index < -0.39 is 17.7 Å². The Kier molecular flexibility index (Phi) is 2.41. The van der Waals surface area contributed by atoms with Crippen molar-refractivity contribution in [3.05, 3.63) is 29.3 Å². The van der Waals surface area contributed by atoms with Crippen molar-refractivity contribution >= 4 is 17.6 Å². The zero-order chi connectivity index (χ0) is 12.8. The highest BCUT2D eigenvalue weighted by Gasteiger charge is 2.49. The van der Waals surface area contributed by atoms with E-state index in [1.54, 1.807) is 0 Å². The van der Waals surface area contributed by atoms with Gasteiger partial charge in [0, 0.05) is 7.05 Å². The highest BCUT2D eigenvalue weighted by molar-refractivity contribution is 6.09. The summed E-state index contributed by atoms with van der Waals surface area (Å²) < 4.78 is 4.53. The summed E-state index contributed by atoms with van der Waals surface area (Å²) in [6, 6.07) is 4.43. The topological polar surface area (TPSA) is 87.1 Å². The number of rotatable bonds is 1. The van der Waals surface area contributed by atoms with Crippen molar-refractivity contribution in [2.24, 2.45) is 0 Å². The maximum absolute atomic E-state index is 11.6. The van der Waals surface area contributed by atoms with Crippen molar-refractivity contribution in [1.82, 2.24) is 0 Å². The van der Waals surface area contributed by atoms with Crippen molar-refractivity contribution < 1.29 is 24.5 Å². The molecule has 17 heavy (non-hydrogen) atoms. The van der Waals surface area contributed by atoms with E-state index in [9.17, 15) is 19.8 Å². The Bertz CT molecular complexity index is 509. The zero-order valence-electron chi connectivity index (χ0n) is 9.30. The van der Waals surface area contributed by atoms with Crippen LogP contribution in [0.3, 0.4) is 0 Å². The van der Waals surface area contributed by atoms with Crippen LogP contribution in [-0.4, -0.2) is 36.2 Å². The summed E-state index contributed by atoms with van der Waals surface area (Å²) in [5, 5.41) is 19.5. The van der Waals surface area contributed by atoms with E-state index in [4.69, 9.17) is 0 Å². The number of esters is 1. The van der Waals surface area contributed by atoms with Gasteiger partial charge in [0.05, 0.1) is 23.9 Å². The first-order chi connectivity index (χ1) is 7.91. The molecule has 6 heteroatoms. The standard InChI is InChI=1S/C11H11NO5/c1-12-7-5-3-4-6(9(13)17-2)8(7)11(15,16)10(12)14/h3-5,15-16H,1-2H3. The molecule has 2 N–H and O–H groups in total. The van der Waals surface area contributed by atoms with E-state index in [0.29, 0.717) is 0 Å². The molecule has 0 saturated carbocycles. The summed E-state index contributed by atoms with van der Waals surface area (Å²) >= 11 is 0. The normalized spacial score (nSPS) is 16.9. The Balaban J connectivity index is 2.72. The molecule has 1 aromatic rings. The Hall–Kier alpha value is -1.92. The Morgan fingerprint density at radius 3 is 2.65 bits per heavy atom. The molecule has 0 aliphatic carbocycles. The minimum absolute atomic E-state index is 0.0345. The number of anilines is 1. The SMILES string of the molecule is COC(=O)c1cccc2c1C(O)(O)C(=O)N2C. The van der Waals surface area contributed by atoms with Crippen LogP contribution in [0.2, 0.25) is 0 Å². The zero-order valence-corrected chi connectivity index (χ0v) is 9.30. The maximum Gasteiger partial charge on any atom is 0.338 e. The molecule has 6 nitrogen and oxygen atoms in total. The molecule has 1 amide bonds. The highest BCUT2D eigenvalue weighted by Crippen LogP contribution is 2.39. The Morgan fingerprint density at radius 1 is 1.41 bits per heavy atom. The third-order valence-corrected chi connectivity index (χ3v) is 2.76. The van der Waals surface area contributed by atoms with Crippen molar-refractivity contribution in [2.45, 2.75) is 5.79 Å². The monoisotopic (exact) mass is 237 g/mol. The molecule has 1 aliphatic heterocycles. The number of fused-ring (bicyclic) bond motifs is 1. The van der Waals surface area contributed by atoms with Crippen LogP contribution in [-0.2, 0) is 15.3 Å². The molecule has 0 radical (unpaired) electrons. The molecule has 0 spiro atoms.